The number of nitrogens with zero attached hydrogens (tertiary/aromatic N) is 7. The highest BCUT2D eigenvalue weighted by molar-refractivity contribution is 6.31. The Balaban J connectivity index is 1.38. The monoisotopic (exact) mass is 597 g/mol. The molecule has 0 aliphatic carbocycles. The number of benzene rings is 1. The smallest absolute Gasteiger partial charge is 0.387 e. The molecule has 0 saturated carbocycles. The molecule has 0 spiro atoms. The van der Waals surface area contributed by atoms with Crippen LogP contribution in [-0.2, 0) is 11.3 Å². The van der Waals surface area contributed by atoms with Gasteiger partial charge in [0, 0.05) is 60.9 Å². The highest BCUT2D eigenvalue weighted by Crippen LogP contribution is 2.39. The number of carbonyl (C=O) groups is 2. The zero-order valence-corrected chi connectivity index (χ0v) is 23.9. The van der Waals surface area contributed by atoms with Gasteiger partial charge in [-0.15, -0.1) is 0 Å². The molecule has 13 heteroatoms. The number of rotatable bonds is 9. The van der Waals surface area contributed by atoms with E-state index in [1.54, 1.807) is 24.7 Å². The number of ketones is 1. The normalized spacial score (nSPS) is 19.5. The molecule has 1 aromatic carbocycles. The second kappa shape index (κ2) is 11.4. The van der Waals surface area contributed by atoms with Crippen LogP contribution >= 0.6 is 11.6 Å². The van der Waals surface area contributed by atoms with Crippen molar-refractivity contribution >= 4 is 28.9 Å². The SMILES string of the molecule is CCC(C(=O)c1cnn2cccnc12)c1cn(CC(=O)N2CC3CN(C)CC3C2)nc1-c1cc(Cl)ccc1OC(F)F. The van der Waals surface area contributed by atoms with E-state index in [1.165, 1.54) is 33.6 Å². The Labute approximate surface area is 245 Å². The maximum Gasteiger partial charge on any atom is 0.387 e. The van der Waals surface area contributed by atoms with E-state index in [4.69, 9.17) is 16.3 Å². The first-order valence-corrected chi connectivity index (χ1v) is 14.2. The van der Waals surface area contributed by atoms with E-state index < -0.39 is 12.5 Å². The number of hydrogen-bond acceptors (Lipinski definition) is 7. The number of ether oxygens (including phenoxy) is 1. The number of amides is 1. The van der Waals surface area contributed by atoms with Crippen LogP contribution in [0.5, 0.6) is 5.75 Å². The number of halogens is 3. The first kappa shape index (κ1) is 28.2. The van der Waals surface area contributed by atoms with Crippen LogP contribution in [0.3, 0.4) is 0 Å². The van der Waals surface area contributed by atoms with Gasteiger partial charge in [-0.3, -0.25) is 14.3 Å². The van der Waals surface area contributed by atoms with Crippen molar-refractivity contribution in [3.8, 4) is 17.0 Å². The number of aromatic nitrogens is 5. The van der Waals surface area contributed by atoms with Crippen LogP contribution in [0.4, 0.5) is 8.78 Å². The lowest BCUT2D eigenvalue weighted by atomic mass is 9.88. The number of likely N-dealkylation sites (tertiary alicyclic amines) is 2. The average Bonchev–Trinajstić information content (AvgIpc) is 3.72. The van der Waals surface area contributed by atoms with E-state index in [9.17, 15) is 18.4 Å². The van der Waals surface area contributed by atoms with E-state index in [-0.39, 0.29) is 40.3 Å². The zero-order valence-electron chi connectivity index (χ0n) is 23.2. The summed E-state index contributed by atoms with van der Waals surface area (Å²) < 4.78 is 34.5. The predicted octanol–water partition coefficient (Wildman–Crippen LogP) is 4.24. The Bertz CT molecular complexity index is 1630. The molecule has 3 aromatic heterocycles. The van der Waals surface area contributed by atoms with Gasteiger partial charge >= 0.3 is 6.61 Å². The minimum atomic E-state index is -3.08. The summed E-state index contributed by atoms with van der Waals surface area (Å²) in [6, 6.07) is 5.97. The van der Waals surface area contributed by atoms with Crippen LogP contribution in [0.1, 0.15) is 35.2 Å². The molecule has 5 heterocycles. The van der Waals surface area contributed by atoms with Crippen LogP contribution in [0.25, 0.3) is 16.9 Å². The molecule has 3 unspecified atom stereocenters. The summed E-state index contributed by atoms with van der Waals surface area (Å²) in [5, 5.41) is 9.19. The van der Waals surface area contributed by atoms with Crippen molar-refractivity contribution in [2.75, 3.05) is 33.2 Å². The lowest BCUT2D eigenvalue weighted by molar-refractivity contribution is -0.131. The van der Waals surface area contributed by atoms with Crippen molar-refractivity contribution in [3.05, 3.63) is 65.2 Å². The second-order valence-corrected chi connectivity index (χ2v) is 11.4. The van der Waals surface area contributed by atoms with Crippen LogP contribution in [0.15, 0.2) is 49.1 Å². The van der Waals surface area contributed by atoms with Gasteiger partial charge in [0.05, 0.1) is 17.7 Å². The third kappa shape index (κ3) is 5.36. The number of hydrogen-bond donors (Lipinski definition) is 0. The maximum atomic E-state index is 14.0. The summed E-state index contributed by atoms with van der Waals surface area (Å²) in [5.74, 6) is -0.320. The molecule has 6 rings (SSSR count). The molecule has 4 aromatic rings. The maximum absolute atomic E-state index is 14.0. The van der Waals surface area contributed by atoms with Crippen molar-refractivity contribution in [3.63, 3.8) is 0 Å². The summed E-state index contributed by atoms with van der Waals surface area (Å²) in [6.07, 6.45) is 6.75. The molecule has 0 N–H and O–H groups in total. The topological polar surface area (TPSA) is 97.9 Å². The fraction of sp³-hybridized carbons (Fsp3) is 0.414. The van der Waals surface area contributed by atoms with E-state index in [1.807, 2.05) is 11.8 Å². The van der Waals surface area contributed by atoms with E-state index in [2.05, 4.69) is 27.1 Å². The zero-order chi connectivity index (χ0) is 29.5. The predicted molar refractivity (Wildman–Crippen MR) is 151 cm³/mol. The molecule has 0 bridgehead atoms. The summed E-state index contributed by atoms with van der Waals surface area (Å²) in [4.78, 5) is 35.8. The summed E-state index contributed by atoms with van der Waals surface area (Å²) in [6.45, 7) is 2.01. The molecule has 42 heavy (non-hydrogen) atoms. The average molecular weight is 598 g/mol. The summed E-state index contributed by atoms with van der Waals surface area (Å²) >= 11 is 6.28. The van der Waals surface area contributed by atoms with Gasteiger partial charge < -0.3 is 14.5 Å². The van der Waals surface area contributed by atoms with Crippen molar-refractivity contribution in [2.45, 2.75) is 32.4 Å². The van der Waals surface area contributed by atoms with Crippen molar-refractivity contribution in [1.29, 1.82) is 0 Å². The molecule has 10 nitrogen and oxygen atoms in total. The fourth-order valence-corrected chi connectivity index (χ4v) is 6.45. The molecule has 2 aliphatic heterocycles. The van der Waals surface area contributed by atoms with E-state index in [0.29, 0.717) is 48.1 Å². The third-order valence-corrected chi connectivity index (χ3v) is 8.40. The molecule has 2 aliphatic rings. The largest absolute Gasteiger partial charge is 0.434 e. The molecule has 0 radical (unpaired) electrons. The van der Waals surface area contributed by atoms with Gasteiger partial charge in [-0.25, -0.2) is 9.50 Å². The number of fused-ring (bicyclic) bond motifs is 2. The first-order valence-electron chi connectivity index (χ1n) is 13.8. The Morgan fingerprint density at radius 3 is 2.64 bits per heavy atom. The first-order chi connectivity index (χ1) is 20.2. The fourth-order valence-electron chi connectivity index (χ4n) is 6.27. The quantitative estimate of drug-likeness (QED) is 0.266. The van der Waals surface area contributed by atoms with Gasteiger partial charge in [0.2, 0.25) is 5.91 Å². The third-order valence-electron chi connectivity index (χ3n) is 8.17. The highest BCUT2D eigenvalue weighted by atomic mass is 35.5. The summed E-state index contributed by atoms with van der Waals surface area (Å²) in [5.41, 5.74) is 1.63. The van der Waals surface area contributed by atoms with Gasteiger partial charge in [0.1, 0.15) is 18.0 Å². The molecule has 3 atom stereocenters. The Hall–Kier alpha value is -3.90. The van der Waals surface area contributed by atoms with Gasteiger partial charge in [-0.1, -0.05) is 18.5 Å². The van der Waals surface area contributed by atoms with Crippen molar-refractivity contribution < 1.29 is 23.1 Å². The van der Waals surface area contributed by atoms with Crippen molar-refractivity contribution in [2.24, 2.45) is 11.8 Å². The lowest BCUT2D eigenvalue weighted by Gasteiger charge is -2.19. The molecular weight excluding hydrogens is 568 g/mol. The van der Waals surface area contributed by atoms with Crippen molar-refractivity contribution in [1.82, 2.24) is 34.2 Å². The Kier molecular flexibility index (Phi) is 7.67. The molecular formula is C29H30ClF2N7O3. The molecule has 2 fully saturated rings. The molecule has 1 amide bonds. The summed E-state index contributed by atoms with van der Waals surface area (Å²) in [7, 11) is 2.09. The lowest BCUT2D eigenvalue weighted by Crippen LogP contribution is -2.34. The standard InChI is InChI=1S/C29H30ClF2N7O3/c1-3-20(27(41)22-10-34-39-8-4-7-33-28(22)39)23-15-38(16-25(40)37-13-17-11-36(2)12-18(17)14-37)35-26(23)21-9-19(30)5-6-24(21)42-29(31)32/h4-10,15,17-18,20,29H,3,11-14,16H2,1-2H3. The van der Waals surface area contributed by atoms with Gasteiger partial charge in [-0.05, 0) is 49.6 Å². The number of alkyl halides is 2. The Morgan fingerprint density at radius 1 is 1.17 bits per heavy atom. The number of Topliss-reactive ketones (excluding diaryl/α,β-unsaturated/α-hetero) is 1. The van der Waals surface area contributed by atoms with Crippen LogP contribution < -0.4 is 4.74 Å². The number of carbonyl (C=O) groups excluding carboxylic acids is 2. The highest BCUT2D eigenvalue weighted by Gasteiger charge is 2.40. The van der Waals surface area contributed by atoms with Gasteiger partial charge in [-0.2, -0.15) is 19.0 Å². The van der Waals surface area contributed by atoms with E-state index >= 15 is 0 Å². The van der Waals surface area contributed by atoms with Gasteiger partial charge in [0.15, 0.2) is 11.4 Å². The molecule has 2 saturated heterocycles. The second-order valence-electron chi connectivity index (χ2n) is 11.0. The minimum absolute atomic E-state index is 0.0588. The Morgan fingerprint density at radius 2 is 1.93 bits per heavy atom. The van der Waals surface area contributed by atoms with Crippen LogP contribution in [0.2, 0.25) is 5.02 Å². The van der Waals surface area contributed by atoms with Gasteiger partial charge in [0.25, 0.3) is 0 Å². The molecule has 220 valence electrons. The van der Waals surface area contributed by atoms with Crippen LogP contribution in [-0.4, -0.2) is 85.7 Å². The minimum Gasteiger partial charge on any atom is -0.434 e. The van der Waals surface area contributed by atoms with Crippen LogP contribution in [0, 0.1) is 11.8 Å². The van der Waals surface area contributed by atoms with E-state index in [0.717, 1.165) is 13.1 Å².